The van der Waals surface area contributed by atoms with Gasteiger partial charge in [-0.3, -0.25) is 0 Å². The van der Waals surface area contributed by atoms with Gasteiger partial charge in [0.2, 0.25) is 0 Å². The van der Waals surface area contributed by atoms with Crippen molar-refractivity contribution in [1.82, 2.24) is 9.55 Å². The van der Waals surface area contributed by atoms with Crippen LogP contribution in [0, 0.1) is 0 Å². The predicted molar refractivity (Wildman–Crippen MR) is 82.1 cm³/mol. The first kappa shape index (κ1) is 13.8. The number of aryl methyl sites for hydroxylation is 3. The van der Waals surface area contributed by atoms with Crippen molar-refractivity contribution in [1.29, 1.82) is 0 Å². The molecule has 20 heavy (non-hydrogen) atoms. The molecule has 2 heterocycles. The lowest BCUT2D eigenvalue weighted by Gasteiger charge is -2.09. The molecule has 0 spiro atoms. The van der Waals surface area contributed by atoms with Crippen LogP contribution in [0.25, 0.3) is 0 Å². The molecule has 0 fully saturated rings. The van der Waals surface area contributed by atoms with Crippen LogP contribution < -0.4 is 0 Å². The molecular weight excluding hydrogens is 268 g/mol. The van der Waals surface area contributed by atoms with Gasteiger partial charge in [0.15, 0.2) is 0 Å². The second-order valence-electron chi connectivity index (χ2n) is 5.51. The third kappa shape index (κ3) is 2.81. The average Bonchev–Trinajstić information content (AvgIpc) is 3.00. The Hall–Kier alpha value is -1.13. The summed E-state index contributed by atoms with van der Waals surface area (Å²) in [6.45, 7) is 3.01. The molecule has 0 saturated heterocycles. The maximum atomic E-state index is 10.5. The summed E-state index contributed by atoms with van der Waals surface area (Å²) >= 11 is 1.81. The Bertz CT molecular complexity index is 549. The Morgan fingerprint density at radius 2 is 2.20 bits per heavy atom. The normalized spacial score (nSPS) is 16.7. The van der Waals surface area contributed by atoms with E-state index in [1.807, 2.05) is 12.4 Å². The molecule has 0 aromatic carbocycles. The minimum atomic E-state index is -0.417. The number of imidazole rings is 1. The topological polar surface area (TPSA) is 38.0 Å². The number of hydrogen-bond donors (Lipinski definition) is 1. The summed E-state index contributed by atoms with van der Waals surface area (Å²) in [6.07, 6.45) is 10.3. The Morgan fingerprint density at radius 1 is 1.35 bits per heavy atom. The number of aromatic nitrogens is 2. The van der Waals surface area contributed by atoms with Gasteiger partial charge >= 0.3 is 0 Å². The standard InChI is InChI=1S/C16H22N2OS/c1-2-18-9-8-17-16(18)11-13(19)15-10-12-6-4-3-5-7-14(12)20-15/h8-10,13,19H,2-7,11H2,1H3. The van der Waals surface area contributed by atoms with Crippen LogP contribution in [0.2, 0.25) is 0 Å². The Labute approximate surface area is 124 Å². The van der Waals surface area contributed by atoms with Gasteiger partial charge in [0.1, 0.15) is 5.82 Å². The lowest BCUT2D eigenvalue weighted by molar-refractivity contribution is 0.178. The zero-order chi connectivity index (χ0) is 13.9. The van der Waals surface area contributed by atoms with Gasteiger partial charge in [0.05, 0.1) is 6.10 Å². The zero-order valence-electron chi connectivity index (χ0n) is 12.0. The van der Waals surface area contributed by atoms with Crippen molar-refractivity contribution >= 4 is 11.3 Å². The van der Waals surface area contributed by atoms with Gasteiger partial charge < -0.3 is 9.67 Å². The SMILES string of the molecule is CCn1ccnc1CC(O)c1cc2c(s1)CCCCC2. The van der Waals surface area contributed by atoms with E-state index in [9.17, 15) is 5.11 Å². The Morgan fingerprint density at radius 3 is 3.05 bits per heavy atom. The van der Waals surface area contributed by atoms with Crippen molar-refractivity contribution in [3.8, 4) is 0 Å². The fourth-order valence-electron chi connectivity index (χ4n) is 2.95. The van der Waals surface area contributed by atoms with Crippen LogP contribution in [0.4, 0.5) is 0 Å². The quantitative estimate of drug-likeness (QED) is 0.875. The van der Waals surface area contributed by atoms with Crippen LogP contribution >= 0.6 is 11.3 Å². The summed E-state index contributed by atoms with van der Waals surface area (Å²) in [4.78, 5) is 6.97. The zero-order valence-corrected chi connectivity index (χ0v) is 12.8. The van der Waals surface area contributed by atoms with Crippen LogP contribution in [0.15, 0.2) is 18.5 Å². The number of aliphatic hydroxyl groups is 1. The summed E-state index contributed by atoms with van der Waals surface area (Å²) in [5.74, 6) is 0.976. The van der Waals surface area contributed by atoms with Crippen LogP contribution in [0.1, 0.15) is 53.4 Å². The van der Waals surface area contributed by atoms with Crippen molar-refractivity contribution in [2.24, 2.45) is 0 Å². The Kier molecular flexibility index (Phi) is 4.22. The van der Waals surface area contributed by atoms with Crippen molar-refractivity contribution < 1.29 is 5.11 Å². The summed E-state index contributed by atoms with van der Waals surface area (Å²) in [6, 6.07) is 2.23. The molecule has 3 rings (SSSR count). The van der Waals surface area contributed by atoms with Crippen LogP contribution in [-0.2, 0) is 25.8 Å². The molecule has 0 amide bonds. The van der Waals surface area contributed by atoms with Crippen molar-refractivity contribution in [3.63, 3.8) is 0 Å². The second-order valence-corrected chi connectivity index (χ2v) is 6.68. The van der Waals surface area contributed by atoms with E-state index in [-0.39, 0.29) is 0 Å². The molecule has 0 radical (unpaired) electrons. The van der Waals surface area contributed by atoms with Gasteiger partial charge in [-0.1, -0.05) is 6.42 Å². The van der Waals surface area contributed by atoms with Crippen LogP contribution in [-0.4, -0.2) is 14.7 Å². The van der Waals surface area contributed by atoms with Crippen molar-refractivity contribution in [3.05, 3.63) is 39.6 Å². The van der Waals surface area contributed by atoms with Crippen molar-refractivity contribution in [2.75, 3.05) is 0 Å². The predicted octanol–water partition coefficient (Wildman–Crippen LogP) is 3.51. The van der Waals surface area contributed by atoms with Gasteiger partial charge in [-0.05, 0) is 44.2 Å². The molecule has 1 atom stereocenters. The first-order valence-electron chi connectivity index (χ1n) is 7.57. The smallest absolute Gasteiger partial charge is 0.111 e. The maximum Gasteiger partial charge on any atom is 0.111 e. The van der Waals surface area contributed by atoms with Crippen LogP contribution in [0.5, 0.6) is 0 Å². The molecule has 1 aliphatic rings. The second kappa shape index (κ2) is 6.10. The molecule has 4 heteroatoms. The number of hydrogen-bond acceptors (Lipinski definition) is 3. The monoisotopic (exact) mass is 290 g/mol. The van der Waals surface area contributed by atoms with Gasteiger partial charge in [-0.2, -0.15) is 0 Å². The highest BCUT2D eigenvalue weighted by atomic mass is 32.1. The van der Waals surface area contributed by atoms with E-state index in [1.54, 1.807) is 11.3 Å². The minimum absolute atomic E-state index is 0.417. The maximum absolute atomic E-state index is 10.5. The van der Waals surface area contributed by atoms with E-state index >= 15 is 0 Å². The lowest BCUT2D eigenvalue weighted by atomic mass is 10.1. The third-order valence-corrected chi connectivity index (χ3v) is 5.45. The number of aliphatic hydroxyl groups excluding tert-OH is 1. The summed E-state index contributed by atoms with van der Waals surface area (Å²) in [5.41, 5.74) is 1.47. The number of rotatable bonds is 4. The van der Waals surface area contributed by atoms with Gasteiger partial charge in [0, 0.05) is 35.1 Å². The van der Waals surface area contributed by atoms with E-state index in [2.05, 4.69) is 22.5 Å². The van der Waals surface area contributed by atoms with Crippen molar-refractivity contribution in [2.45, 2.75) is 58.1 Å². The molecule has 0 saturated carbocycles. The van der Waals surface area contributed by atoms with Gasteiger partial charge in [-0.25, -0.2) is 4.98 Å². The molecule has 1 unspecified atom stereocenters. The van der Waals surface area contributed by atoms with E-state index in [1.165, 1.54) is 42.5 Å². The largest absolute Gasteiger partial charge is 0.387 e. The number of fused-ring (bicyclic) bond motifs is 1. The summed E-state index contributed by atoms with van der Waals surface area (Å²) < 4.78 is 2.10. The molecule has 3 nitrogen and oxygen atoms in total. The number of thiophene rings is 1. The lowest BCUT2D eigenvalue weighted by Crippen LogP contribution is -2.07. The molecule has 1 aliphatic carbocycles. The fourth-order valence-corrected chi connectivity index (χ4v) is 4.19. The number of nitrogens with zero attached hydrogens (tertiary/aromatic N) is 2. The first-order valence-corrected chi connectivity index (χ1v) is 8.39. The molecule has 1 N–H and O–H groups in total. The molecule has 2 aromatic heterocycles. The molecular formula is C16H22N2OS. The highest BCUT2D eigenvalue weighted by Crippen LogP contribution is 2.33. The summed E-state index contributed by atoms with van der Waals surface area (Å²) in [7, 11) is 0. The highest BCUT2D eigenvalue weighted by molar-refractivity contribution is 7.12. The van der Waals surface area contributed by atoms with E-state index in [4.69, 9.17) is 0 Å². The molecule has 2 aromatic rings. The first-order chi connectivity index (χ1) is 9.78. The summed E-state index contributed by atoms with van der Waals surface area (Å²) in [5, 5.41) is 10.5. The Balaban J connectivity index is 1.75. The van der Waals surface area contributed by atoms with E-state index < -0.39 is 6.10 Å². The van der Waals surface area contributed by atoms with E-state index in [0.29, 0.717) is 6.42 Å². The van der Waals surface area contributed by atoms with Gasteiger partial charge in [-0.15, -0.1) is 11.3 Å². The average molecular weight is 290 g/mol. The highest BCUT2D eigenvalue weighted by Gasteiger charge is 2.18. The third-order valence-electron chi connectivity index (χ3n) is 4.11. The minimum Gasteiger partial charge on any atom is -0.387 e. The fraction of sp³-hybridized carbons (Fsp3) is 0.562. The molecule has 108 valence electrons. The van der Waals surface area contributed by atoms with Gasteiger partial charge in [0.25, 0.3) is 0 Å². The van der Waals surface area contributed by atoms with Crippen LogP contribution in [0.3, 0.4) is 0 Å². The molecule has 0 aliphatic heterocycles. The van der Waals surface area contributed by atoms with E-state index in [0.717, 1.165) is 17.2 Å². The molecule has 0 bridgehead atoms.